The average molecular weight is 387 g/mol. The predicted molar refractivity (Wildman–Crippen MR) is 108 cm³/mol. The smallest absolute Gasteiger partial charge is 0.272 e. The van der Waals surface area contributed by atoms with Crippen molar-refractivity contribution in [3.8, 4) is 0 Å². The van der Waals surface area contributed by atoms with Gasteiger partial charge in [0.25, 0.3) is 5.91 Å². The number of aromatic nitrogens is 3. The molecule has 0 saturated carbocycles. The molecular formula is C21H17N5O3. The highest BCUT2D eigenvalue weighted by Gasteiger charge is 2.22. The SMILES string of the molecule is O=C(NC(CO)C(=O)Nc1ccc2ncccc2c1)c1cnc2ccccc2n1. The molecular weight excluding hydrogens is 370 g/mol. The summed E-state index contributed by atoms with van der Waals surface area (Å²) < 4.78 is 0. The van der Waals surface area contributed by atoms with Crippen LogP contribution in [0.1, 0.15) is 10.5 Å². The highest BCUT2D eigenvalue weighted by molar-refractivity contribution is 6.01. The average Bonchev–Trinajstić information content (AvgIpc) is 2.76. The van der Waals surface area contributed by atoms with E-state index in [2.05, 4.69) is 25.6 Å². The van der Waals surface area contributed by atoms with Crippen molar-refractivity contribution in [1.29, 1.82) is 0 Å². The maximum Gasteiger partial charge on any atom is 0.272 e. The fourth-order valence-corrected chi connectivity index (χ4v) is 2.88. The number of aliphatic hydroxyl groups is 1. The molecule has 0 aliphatic carbocycles. The van der Waals surface area contributed by atoms with Crippen LogP contribution in [0.4, 0.5) is 5.69 Å². The predicted octanol–water partition coefficient (Wildman–Crippen LogP) is 1.91. The second kappa shape index (κ2) is 7.99. The van der Waals surface area contributed by atoms with Gasteiger partial charge in [-0.05, 0) is 36.4 Å². The van der Waals surface area contributed by atoms with E-state index in [0.717, 1.165) is 10.9 Å². The van der Waals surface area contributed by atoms with Gasteiger partial charge in [0.1, 0.15) is 11.7 Å². The molecule has 2 aromatic carbocycles. The van der Waals surface area contributed by atoms with Crippen LogP contribution >= 0.6 is 0 Å². The Kier molecular flexibility index (Phi) is 5.08. The van der Waals surface area contributed by atoms with Gasteiger partial charge in [-0.1, -0.05) is 18.2 Å². The molecule has 144 valence electrons. The summed E-state index contributed by atoms with van der Waals surface area (Å²) in [5.41, 5.74) is 2.62. The van der Waals surface area contributed by atoms with Gasteiger partial charge >= 0.3 is 0 Å². The number of fused-ring (bicyclic) bond motifs is 2. The lowest BCUT2D eigenvalue weighted by Crippen LogP contribution is -2.46. The number of hydrogen-bond donors (Lipinski definition) is 3. The molecule has 0 aliphatic rings. The Morgan fingerprint density at radius 3 is 2.62 bits per heavy atom. The number of hydrogen-bond acceptors (Lipinski definition) is 6. The van der Waals surface area contributed by atoms with Crippen LogP contribution in [0.15, 0.2) is 67.0 Å². The molecule has 0 spiro atoms. The summed E-state index contributed by atoms with van der Waals surface area (Å²) in [4.78, 5) is 37.7. The van der Waals surface area contributed by atoms with Crippen molar-refractivity contribution in [2.75, 3.05) is 11.9 Å². The molecule has 1 unspecified atom stereocenters. The topological polar surface area (TPSA) is 117 Å². The van der Waals surface area contributed by atoms with Crippen LogP contribution in [-0.4, -0.2) is 44.5 Å². The summed E-state index contributed by atoms with van der Waals surface area (Å²) in [6.07, 6.45) is 3.02. The number of para-hydroxylation sites is 2. The maximum absolute atomic E-state index is 12.5. The minimum atomic E-state index is -1.14. The first kappa shape index (κ1) is 18.5. The number of pyridine rings is 1. The fourth-order valence-electron chi connectivity index (χ4n) is 2.88. The van der Waals surface area contributed by atoms with Crippen molar-refractivity contribution in [2.45, 2.75) is 6.04 Å². The first-order valence-corrected chi connectivity index (χ1v) is 8.93. The Morgan fingerprint density at radius 1 is 0.966 bits per heavy atom. The zero-order valence-electron chi connectivity index (χ0n) is 15.2. The number of rotatable bonds is 5. The number of aliphatic hydroxyl groups excluding tert-OH is 1. The van der Waals surface area contributed by atoms with E-state index in [4.69, 9.17) is 0 Å². The van der Waals surface area contributed by atoms with Crippen LogP contribution in [0.3, 0.4) is 0 Å². The van der Waals surface area contributed by atoms with Crippen LogP contribution in [0.25, 0.3) is 21.9 Å². The first-order valence-electron chi connectivity index (χ1n) is 8.93. The summed E-state index contributed by atoms with van der Waals surface area (Å²) in [5.74, 6) is -1.14. The second-order valence-corrected chi connectivity index (χ2v) is 6.35. The lowest BCUT2D eigenvalue weighted by Gasteiger charge is -2.16. The summed E-state index contributed by atoms with van der Waals surface area (Å²) in [6.45, 7) is -0.562. The minimum absolute atomic E-state index is 0.0618. The van der Waals surface area contributed by atoms with Crippen LogP contribution in [0.5, 0.6) is 0 Å². The number of nitrogens with one attached hydrogen (secondary N) is 2. The molecule has 1 atom stereocenters. The number of benzene rings is 2. The van der Waals surface area contributed by atoms with E-state index in [1.165, 1.54) is 6.20 Å². The van der Waals surface area contributed by atoms with Gasteiger partial charge in [0, 0.05) is 17.3 Å². The molecule has 8 nitrogen and oxygen atoms in total. The normalized spacial score (nSPS) is 11.9. The second-order valence-electron chi connectivity index (χ2n) is 6.35. The zero-order valence-corrected chi connectivity index (χ0v) is 15.2. The quantitative estimate of drug-likeness (QED) is 0.482. The molecule has 3 N–H and O–H groups in total. The number of carbonyl (C=O) groups excluding carboxylic acids is 2. The van der Waals surface area contributed by atoms with Gasteiger partial charge in [-0.2, -0.15) is 0 Å². The summed E-state index contributed by atoms with van der Waals surface area (Å²) in [7, 11) is 0. The van der Waals surface area contributed by atoms with Crippen LogP contribution in [0.2, 0.25) is 0 Å². The van der Waals surface area contributed by atoms with Gasteiger partial charge in [-0.3, -0.25) is 19.6 Å². The van der Waals surface area contributed by atoms with Crippen molar-refractivity contribution in [3.63, 3.8) is 0 Å². The van der Waals surface area contributed by atoms with E-state index in [1.54, 1.807) is 48.7 Å². The standard InChI is InChI=1S/C21H17N5O3/c27-12-19(21(29)24-14-7-8-15-13(10-14)4-3-9-22-15)26-20(28)18-11-23-16-5-1-2-6-17(16)25-18/h1-11,19,27H,12H2,(H,24,29)(H,26,28). The number of amides is 2. The van der Waals surface area contributed by atoms with E-state index in [-0.39, 0.29) is 5.69 Å². The molecule has 2 heterocycles. The Balaban J connectivity index is 1.48. The molecule has 4 aromatic rings. The summed E-state index contributed by atoms with van der Waals surface area (Å²) in [6, 6.07) is 14.9. The van der Waals surface area contributed by atoms with Gasteiger partial charge < -0.3 is 15.7 Å². The Morgan fingerprint density at radius 2 is 1.79 bits per heavy atom. The summed E-state index contributed by atoms with van der Waals surface area (Å²) >= 11 is 0. The van der Waals surface area contributed by atoms with Gasteiger partial charge in [-0.15, -0.1) is 0 Å². The highest BCUT2D eigenvalue weighted by atomic mass is 16.3. The molecule has 0 bridgehead atoms. The van der Waals surface area contributed by atoms with Crippen LogP contribution in [0, 0.1) is 0 Å². The lowest BCUT2D eigenvalue weighted by molar-refractivity contribution is -0.118. The molecule has 2 aromatic heterocycles. The Bertz CT molecular complexity index is 1210. The van der Waals surface area contributed by atoms with Gasteiger partial charge in [-0.25, -0.2) is 4.98 Å². The largest absolute Gasteiger partial charge is 0.394 e. The molecule has 0 saturated heterocycles. The van der Waals surface area contributed by atoms with Gasteiger partial charge in [0.05, 0.1) is 29.4 Å². The van der Waals surface area contributed by atoms with Crippen molar-refractivity contribution in [1.82, 2.24) is 20.3 Å². The molecule has 0 aliphatic heterocycles. The first-order chi connectivity index (χ1) is 14.1. The Labute approximate surface area is 165 Å². The minimum Gasteiger partial charge on any atom is -0.394 e. The van der Waals surface area contributed by atoms with E-state index in [1.807, 2.05) is 12.1 Å². The fraction of sp³-hybridized carbons (Fsp3) is 0.0952. The molecule has 2 amide bonds. The molecule has 29 heavy (non-hydrogen) atoms. The number of nitrogens with zero attached hydrogens (tertiary/aromatic N) is 3. The zero-order chi connectivity index (χ0) is 20.2. The lowest BCUT2D eigenvalue weighted by atomic mass is 10.2. The van der Waals surface area contributed by atoms with E-state index in [9.17, 15) is 14.7 Å². The van der Waals surface area contributed by atoms with Gasteiger partial charge in [0.15, 0.2) is 0 Å². The van der Waals surface area contributed by atoms with E-state index in [0.29, 0.717) is 16.7 Å². The van der Waals surface area contributed by atoms with Crippen molar-refractivity contribution < 1.29 is 14.7 Å². The van der Waals surface area contributed by atoms with Gasteiger partial charge in [0.2, 0.25) is 5.91 Å². The highest BCUT2D eigenvalue weighted by Crippen LogP contribution is 2.17. The monoisotopic (exact) mass is 387 g/mol. The van der Waals surface area contributed by atoms with Crippen LogP contribution in [-0.2, 0) is 4.79 Å². The maximum atomic E-state index is 12.5. The van der Waals surface area contributed by atoms with E-state index < -0.39 is 24.5 Å². The summed E-state index contributed by atoms with van der Waals surface area (Å²) in [5, 5.41) is 15.6. The third-order valence-corrected chi connectivity index (χ3v) is 4.36. The van der Waals surface area contributed by atoms with E-state index >= 15 is 0 Å². The number of carbonyl (C=O) groups is 2. The van der Waals surface area contributed by atoms with Crippen molar-refractivity contribution >= 4 is 39.4 Å². The molecule has 0 fully saturated rings. The molecule has 4 rings (SSSR count). The Hall–Kier alpha value is -3.91. The third kappa shape index (κ3) is 4.02. The van der Waals surface area contributed by atoms with Crippen molar-refractivity contribution in [2.24, 2.45) is 0 Å². The van der Waals surface area contributed by atoms with Crippen molar-refractivity contribution in [3.05, 3.63) is 72.7 Å². The molecule has 0 radical (unpaired) electrons. The van der Waals surface area contributed by atoms with Crippen LogP contribution < -0.4 is 10.6 Å². The molecule has 8 heteroatoms. The third-order valence-electron chi connectivity index (χ3n) is 4.36. The number of anilines is 1.